The predicted molar refractivity (Wildman–Crippen MR) is 192 cm³/mol. The molecule has 0 aromatic carbocycles. The van der Waals surface area contributed by atoms with Crippen molar-refractivity contribution >= 4 is 29.0 Å². The van der Waals surface area contributed by atoms with Gasteiger partial charge in [0.2, 0.25) is 0 Å². The van der Waals surface area contributed by atoms with Crippen molar-refractivity contribution in [2.75, 3.05) is 39.6 Å². The highest BCUT2D eigenvalue weighted by molar-refractivity contribution is 5.95. The Morgan fingerprint density at radius 3 is 1.61 bits per heavy atom. The molecule has 11 nitrogen and oxygen atoms in total. The van der Waals surface area contributed by atoms with Crippen LogP contribution in [0.25, 0.3) is 11.3 Å². The number of pyridine rings is 2. The Labute approximate surface area is 293 Å². The van der Waals surface area contributed by atoms with Crippen LogP contribution in [0, 0.1) is 5.92 Å². The van der Waals surface area contributed by atoms with Crippen LogP contribution in [0.2, 0.25) is 0 Å². The van der Waals surface area contributed by atoms with Crippen molar-refractivity contribution < 1.29 is 38.2 Å². The number of aromatic nitrogens is 2. The zero-order chi connectivity index (χ0) is 37.2. The predicted octanol–water partition coefficient (Wildman–Crippen LogP) is 6.66. The van der Waals surface area contributed by atoms with E-state index in [4.69, 9.17) is 14.2 Å². The fourth-order valence-electron chi connectivity index (χ4n) is 3.88. The van der Waals surface area contributed by atoms with E-state index in [0.29, 0.717) is 36.2 Å². The maximum atomic E-state index is 13.4. The van der Waals surface area contributed by atoms with Crippen LogP contribution in [-0.2, 0) is 28.6 Å². The monoisotopic (exact) mass is 685 g/mol. The Kier molecular flexibility index (Phi) is 24.3. The lowest BCUT2D eigenvalue weighted by molar-refractivity contribution is -0.120. The Bertz CT molecular complexity index is 1230. The minimum Gasteiger partial charge on any atom is -0.378 e. The van der Waals surface area contributed by atoms with E-state index in [-0.39, 0.29) is 87.6 Å². The fraction of sp³-hybridized carbons (Fsp3) is 0.605. The van der Waals surface area contributed by atoms with Crippen molar-refractivity contribution in [3.63, 3.8) is 0 Å². The second kappa shape index (κ2) is 26.2. The molecule has 1 N–H and O–H groups in total. The normalized spacial score (nSPS) is 10.7. The third kappa shape index (κ3) is 19.8. The summed E-state index contributed by atoms with van der Waals surface area (Å²) in [6.07, 6.45) is 4.81. The van der Waals surface area contributed by atoms with E-state index in [1.807, 2.05) is 13.8 Å². The Hall–Kier alpha value is -3.67. The summed E-state index contributed by atoms with van der Waals surface area (Å²) in [4.78, 5) is 68.9. The molecular weight excluding hydrogens is 626 g/mol. The molecule has 2 rings (SSSR count). The molecule has 0 bridgehead atoms. The van der Waals surface area contributed by atoms with Gasteiger partial charge in [-0.3, -0.25) is 33.9 Å². The zero-order valence-electron chi connectivity index (χ0n) is 31.2. The van der Waals surface area contributed by atoms with Gasteiger partial charge in [0.25, 0.3) is 5.91 Å². The first-order valence-electron chi connectivity index (χ1n) is 17.4. The van der Waals surface area contributed by atoms with E-state index in [0.717, 1.165) is 5.92 Å². The van der Waals surface area contributed by atoms with E-state index in [1.165, 1.54) is 13.1 Å². The second-order valence-corrected chi connectivity index (χ2v) is 12.0. The van der Waals surface area contributed by atoms with E-state index in [1.54, 1.807) is 51.2 Å². The molecule has 0 aliphatic heterocycles. The van der Waals surface area contributed by atoms with E-state index < -0.39 is 11.4 Å². The summed E-state index contributed by atoms with van der Waals surface area (Å²) in [6, 6.07) is 6.69. The number of nitrogens with zero attached hydrogens (tertiary/aromatic N) is 2. The zero-order valence-corrected chi connectivity index (χ0v) is 31.2. The first-order valence-corrected chi connectivity index (χ1v) is 17.4. The van der Waals surface area contributed by atoms with Crippen molar-refractivity contribution in [2.45, 2.75) is 106 Å². The van der Waals surface area contributed by atoms with Crippen LogP contribution in [0.5, 0.6) is 0 Å². The molecule has 2 heterocycles. The molecule has 0 aliphatic rings. The van der Waals surface area contributed by atoms with Crippen molar-refractivity contribution in [3.05, 3.63) is 47.9 Å². The van der Waals surface area contributed by atoms with Crippen LogP contribution >= 0.6 is 0 Å². The van der Waals surface area contributed by atoms with Gasteiger partial charge in [-0.2, -0.15) is 0 Å². The lowest BCUT2D eigenvalue weighted by Gasteiger charge is -2.34. The number of hydrogen-bond donors (Lipinski definition) is 1. The van der Waals surface area contributed by atoms with Crippen LogP contribution in [0.4, 0.5) is 0 Å². The van der Waals surface area contributed by atoms with E-state index in [9.17, 15) is 24.0 Å². The number of nitrogens with one attached hydrogen (secondary N) is 1. The molecule has 0 unspecified atom stereocenters. The Morgan fingerprint density at radius 1 is 0.714 bits per heavy atom. The Balaban J connectivity index is 0.00000356. The molecule has 0 aliphatic carbocycles. The van der Waals surface area contributed by atoms with Crippen molar-refractivity contribution in [2.24, 2.45) is 5.92 Å². The lowest BCUT2D eigenvalue weighted by atomic mass is 10.0. The molecule has 1 amide bonds. The van der Waals surface area contributed by atoms with Gasteiger partial charge in [-0.1, -0.05) is 55.4 Å². The van der Waals surface area contributed by atoms with Gasteiger partial charge >= 0.3 is 0 Å². The van der Waals surface area contributed by atoms with E-state index >= 15 is 0 Å². The number of amides is 1. The van der Waals surface area contributed by atoms with Gasteiger partial charge in [0, 0.05) is 56.5 Å². The van der Waals surface area contributed by atoms with Gasteiger partial charge in [0.15, 0.2) is 5.78 Å². The summed E-state index contributed by atoms with van der Waals surface area (Å²) in [5, 5.41) is 2.97. The molecule has 0 saturated carbocycles. The third-order valence-electron chi connectivity index (χ3n) is 6.64. The summed E-state index contributed by atoms with van der Waals surface area (Å²) in [6.45, 7) is 17.6. The average Bonchev–Trinajstić information content (AvgIpc) is 3.10. The first-order chi connectivity index (χ1) is 23.4. The van der Waals surface area contributed by atoms with Crippen molar-refractivity contribution in [3.8, 4) is 11.3 Å². The van der Waals surface area contributed by atoms with E-state index in [2.05, 4.69) is 36.1 Å². The van der Waals surface area contributed by atoms with Crippen LogP contribution in [0.3, 0.4) is 0 Å². The molecule has 0 saturated heterocycles. The maximum absolute atomic E-state index is 13.4. The molecule has 274 valence electrons. The van der Waals surface area contributed by atoms with Crippen LogP contribution in [0.1, 0.15) is 122 Å². The molecular formula is C38H59N3O8. The molecule has 2 aromatic rings. The summed E-state index contributed by atoms with van der Waals surface area (Å²) in [7, 11) is 0. The summed E-state index contributed by atoms with van der Waals surface area (Å²) < 4.78 is 17.4. The minimum atomic E-state index is -1.18. The van der Waals surface area contributed by atoms with Gasteiger partial charge in [-0.25, -0.2) is 0 Å². The van der Waals surface area contributed by atoms with Crippen LogP contribution in [0.15, 0.2) is 36.7 Å². The molecule has 49 heavy (non-hydrogen) atoms. The van der Waals surface area contributed by atoms with Crippen LogP contribution < -0.4 is 5.32 Å². The number of hydrogen-bond acceptors (Lipinski definition) is 10. The maximum Gasteiger partial charge on any atom is 0.253 e. The van der Waals surface area contributed by atoms with Gasteiger partial charge < -0.3 is 19.5 Å². The molecule has 2 aromatic heterocycles. The summed E-state index contributed by atoms with van der Waals surface area (Å²) in [5.41, 5.74) is 0.739. The summed E-state index contributed by atoms with van der Waals surface area (Å²) in [5.74, 6) is 0.385. The fourth-order valence-corrected chi connectivity index (χ4v) is 3.88. The van der Waals surface area contributed by atoms with Crippen molar-refractivity contribution in [1.29, 1.82) is 0 Å². The number of rotatable bonds is 22. The molecule has 0 radical (unpaired) electrons. The smallest absolute Gasteiger partial charge is 0.253 e. The topological polar surface area (TPSA) is 151 Å². The largest absolute Gasteiger partial charge is 0.378 e. The SMILES string of the molecule is CC.CC(C)C.CCC(=O)CCOCC(COCCC(C)=O)(COCCC(=O)CC)NC(=O)c1ccc(-c2ccc(C(=O)CC)nc2)nc1. The third-order valence-corrected chi connectivity index (χ3v) is 6.64. The highest BCUT2D eigenvalue weighted by atomic mass is 16.5. The first kappa shape index (κ1) is 45.3. The van der Waals surface area contributed by atoms with Gasteiger partial charge in [0.1, 0.15) is 28.6 Å². The van der Waals surface area contributed by atoms with Gasteiger partial charge in [0.05, 0.1) is 50.9 Å². The highest BCUT2D eigenvalue weighted by Gasteiger charge is 2.34. The lowest BCUT2D eigenvalue weighted by Crippen LogP contribution is -2.58. The molecule has 0 spiro atoms. The van der Waals surface area contributed by atoms with Gasteiger partial charge in [-0.15, -0.1) is 0 Å². The average molecular weight is 686 g/mol. The summed E-state index contributed by atoms with van der Waals surface area (Å²) >= 11 is 0. The molecule has 0 atom stereocenters. The number of ether oxygens (including phenoxy) is 3. The molecule has 11 heteroatoms. The quantitative estimate of drug-likeness (QED) is 0.105. The minimum absolute atomic E-state index is 0.0302. The number of ketones is 4. The Morgan fingerprint density at radius 2 is 1.22 bits per heavy atom. The number of carbonyl (C=O) groups is 5. The number of Topliss-reactive ketones (excluding diaryl/α,β-unsaturated/α-hetero) is 4. The van der Waals surface area contributed by atoms with Gasteiger partial charge in [-0.05, 0) is 37.1 Å². The highest BCUT2D eigenvalue weighted by Crippen LogP contribution is 2.18. The standard InChI is InChI=1S/C32H43N3O8.C4H10.C2H6/c1-5-26(37)13-16-42-21-32(20-41-15-12-23(4)36,22-43-17-14-27(38)6-2)35-31(40)25-9-10-28(33-19-25)24-8-11-29(34-18-24)30(39)7-3;1-4(2)3;1-2/h8-11,18-19H,5-7,12-17,20-22H2,1-4H3,(H,35,40);4H,1-3H3;1-2H3. The number of carbonyl (C=O) groups excluding carboxylic acids is 5. The second-order valence-electron chi connectivity index (χ2n) is 12.0. The molecule has 0 fully saturated rings. The van der Waals surface area contributed by atoms with Crippen LogP contribution in [-0.4, -0.2) is 84.2 Å². The van der Waals surface area contributed by atoms with Crippen molar-refractivity contribution in [1.82, 2.24) is 15.3 Å².